The van der Waals surface area contributed by atoms with Gasteiger partial charge in [0.2, 0.25) is 0 Å². The topological polar surface area (TPSA) is 66.4 Å². The number of hydrogen-bond donors (Lipinski definition) is 2. The molecule has 0 saturated carbocycles. The van der Waals surface area contributed by atoms with Gasteiger partial charge in [-0.15, -0.1) is 0 Å². The molecule has 0 radical (unpaired) electrons. The number of carboxylic acid groups (broad SMARTS) is 1. The first kappa shape index (κ1) is 7.94. The predicted octanol–water partition coefficient (Wildman–Crippen LogP) is 0.232. The monoisotopic (exact) mass is 131 g/mol. The first-order chi connectivity index (χ1) is 4.16. The largest absolute Gasteiger partial charge is 0.465 e. The number of nitrogens with one attached hydrogen (secondary N) is 1. The van der Waals surface area contributed by atoms with E-state index in [-0.39, 0.29) is 12.5 Å². The Kier molecular flexibility index (Phi) is 3.43. The Morgan fingerprint density at radius 3 is 2.78 bits per heavy atom. The number of carbonyl (C=O) groups is 2. The quantitative estimate of drug-likeness (QED) is 0.539. The Labute approximate surface area is 52.9 Å². The molecule has 0 aromatic rings. The lowest BCUT2D eigenvalue weighted by atomic mass is 10.3. The highest BCUT2D eigenvalue weighted by molar-refractivity contribution is 5.65. The van der Waals surface area contributed by atoms with Crippen molar-refractivity contribution in [3.8, 4) is 0 Å². The summed E-state index contributed by atoms with van der Waals surface area (Å²) in [5.41, 5.74) is 0. The van der Waals surface area contributed by atoms with Gasteiger partial charge in [-0.05, 0) is 6.92 Å². The van der Waals surface area contributed by atoms with Crippen LogP contribution in [-0.2, 0) is 4.79 Å². The Morgan fingerprint density at radius 1 is 1.89 bits per heavy atom. The molecule has 0 bridgehead atoms. The molecule has 52 valence electrons. The molecule has 0 saturated heterocycles. The summed E-state index contributed by atoms with van der Waals surface area (Å²) in [5, 5.41) is 10.2. The van der Waals surface area contributed by atoms with Crippen LogP contribution in [0.15, 0.2) is 0 Å². The van der Waals surface area contributed by atoms with E-state index in [1.807, 2.05) is 0 Å². The highest BCUT2D eigenvalue weighted by Gasteiger charge is 2.01. The second-order valence-corrected chi connectivity index (χ2v) is 1.75. The highest BCUT2D eigenvalue weighted by atomic mass is 16.4. The van der Waals surface area contributed by atoms with Crippen molar-refractivity contribution in [2.24, 2.45) is 0 Å². The molecule has 0 spiro atoms. The molecule has 4 nitrogen and oxygen atoms in total. The van der Waals surface area contributed by atoms with Gasteiger partial charge >= 0.3 is 6.09 Å². The van der Waals surface area contributed by atoms with E-state index in [1.165, 1.54) is 0 Å². The number of carbonyl (C=O) groups excluding carboxylic acids is 1. The molecule has 0 unspecified atom stereocenters. The van der Waals surface area contributed by atoms with Gasteiger partial charge in [-0.1, -0.05) is 0 Å². The van der Waals surface area contributed by atoms with Gasteiger partial charge in [-0.3, -0.25) is 0 Å². The second-order valence-electron chi connectivity index (χ2n) is 1.75. The van der Waals surface area contributed by atoms with Gasteiger partial charge in [-0.2, -0.15) is 0 Å². The normalized spacial score (nSPS) is 12.1. The van der Waals surface area contributed by atoms with Crippen LogP contribution in [0.4, 0.5) is 4.79 Å². The summed E-state index contributed by atoms with van der Waals surface area (Å²) in [6.45, 7) is 1.63. The van der Waals surface area contributed by atoms with Crippen LogP contribution in [0.1, 0.15) is 13.3 Å². The molecular weight excluding hydrogens is 122 g/mol. The van der Waals surface area contributed by atoms with Gasteiger partial charge in [0.05, 0.1) is 0 Å². The number of hydrogen-bond acceptors (Lipinski definition) is 2. The van der Waals surface area contributed by atoms with E-state index >= 15 is 0 Å². The van der Waals surface area contributed by atoms with Gasteiger partial charge in [0.25, 0.3) is 0 Å². The fourth-order valence-electron chi connectivity index (χ4n) is 0.414. The lowest BCUT2D eigenvalue weighted by Gasteiger charge is -2.04. The Bertz CT molecular complexity index is 113. The van der Waals surface area contributed by atoms with Crippen LogP contribution in [-0.4, -0.2) is 23.5 Å². The summed E-state index contributed by atoms with van der Waals surface area (Å²) in [4.78, 5) is 19.6. The SMILES string of the molecule is C[C@@H](CC=O)NC(=O)O. The van der Waals surface area contributed by atoms with Crippen LogP contribution in [0.2, 0.25) is 0 Å². The van der Waals surface area contributed by atoms with Gasteiger partial charge in [0.1, 0.15) is 6.29 Å². The molecule has 2 N–H and O–H groups in total. The minimum Gasteiger partial charge on any atom is -0.465 e. The summed E-state index contributed by atoms with van der Waals surface area (Å²) in [6, 6.07) is -0.278. The van der Waals surface area contributed by atoms with E-state index in [9.17, 15) is 9.59 Å². The molecule has 0 aromatic carbocycles. The van der Waals surface area contributed by atoms with Crippen molar-refractivity contribution in [3.63, 3.8) is 0 Å². The predicted molar refractivity (Wildman–Crippen MR) is 31.3 cm³/mol. The van der Waals surface area contributed by atoms with Crippen molar-refractivity contribution in [1.82, 2.24) is 5.32 Å². The van der Waals surface area contributed by atoms with Crippen LogP contribution in [0.3, 0.4) is 0 Å². The lowest BCUT2D eigenvalue weighted by molar-refractivity contribution is -0.108. The molecule has 0 heterocycles. The molecule has 0 aliphatic heterocycles. The molecule has 1 amide bonds. The van der Waals surface area contributed by atoms with Crippen LogP contribution >= 0.6 is 0 Å². The standard InChI is InChI=1S/C5H9NO3/c1-4(2-3-7)6-5(8)9/h3-4,6H,2H2,1H3,(H,8,9)/t4-/m0/s1. The maximum Gasteiger partial charge on any atom is 0.404 e. The Morgan fingerprint density at radius 2 is 2.44 bits per heavy atom. The molecule has 0 aliphatic rings. The van der Waals surface area contributed by atoms with Gasteiger partial charge in [0, 0.05) is 12.5 Å². The Hall–Kier alpha value is -1.06. The summed E-state index contributed by atoms with van der Waals surface area (Å²) < 4.78 is 0. The zero-order chi connectivity index (χ0) is 7.28. The van der Waals surface area contributed by atoms with Crippen LogP contribution < -0.4 is 5.32 Å². The van der Waals surface area contributed by atoms with Crippen molar-refractivity contribution < 1.29 is 14.7 Å². The fourth-order valence-corrected chi connectivity index (χ4v) is 0.414. The zero-order valence-electron chi connectivity index (χ0n) is 5.13. The van der Waals surface area contributed by atoms with Crippen LogP contribution in [0, 0.1) is 0 Å². The highest BCUT2D eigenvalue weighted by Crippen LogP contribution is 1.83. The summed E-state index contributed by atoms with van der Waals surface area (Å²) >= 11 is 0. The van der Waals surface area contributed by atoms with E-state index in [0.29, 0.717) is 6.29 Å². The van der Waals surface area contributed by atoms with Crippen LogP contribution in [0.5, 0.6) is 0 Å². The molecule has 1 atom stereocenters. The van der Waals surface area contributed by atoms with Gasteiger partial charge < -0.3 is 15.2 Å². The molecule has 0 aliphatic carbocycles. The maximum atomic E-state index is 9.86. The van der Waals surface area contributed by atoms with Crippen molar-refractivity contribution in [1.29, 1.82) is 0 Å². The van der Waals surface area contributed by atoms with Crippen molar-refractivity contribution in [3.05, 3.63) is 0 Å². The summed E-state index contributed by atoms with van der Waals surface area (Å²) in [7, 11) is 0. The van der Waals surface area contributed by atoms with E-state index < -0.39 is 6.09 Å². The third kappa shape index (κ3) is 4.80. The average molecular weight is 131 g/mol. The first-order valence-electron chi connectivity index (χ1n) is 2.60. The lowest BCUT2D eigenvalue weighted by Crippen LogP contribution is -2.31. The van der Waals surface area contributed by atoms with Crippen molar-refractivity contribution in [2.75, 3.05) is 0 Å². The molecule has 0 fully saturated rings. The van der Waals surface area contributed by atoms with E-state index in [4.69, 9.17) is 5.11 Å². The summed E-state index contributed by atoms with van der Waals surface area (Å²) in [6.07, 6.45) is -0.184. The fraction of sp³-hybridized carbons (Fsp3) is 0.600. The molecule has 0 rings (SSSR count). The van der Waals surface area contributed by atoms with E-state index in [2.05, 4.69) is 5.32 Å². The average Bonchev–Trinajstić information content (AvgIpc) is 1.63. The second kappa shape index (κ2) is 3.88. The van der Waals surface area contributed by atoms with Crippen LogP contribution in [0.25, 0.3) is 0 Å². The number of rotatable bonds is 3. The summed E-state index contributed by atoms with van der Waals surface area (Å²) in [5.74, 6) is 0. The third-order valence-electron chi connectivity index (χ3n) is 0.820. The molecule has 0 aromatic heterocycles. The third-order valence-corrected chi connectivity index (χ3v) is 0.820. The smallest absolute Gasteiger partial charge is 0.404 e. The van der Waals surface area contributed by atoms with Crippen molar-refractivity contribution >= 4 is 12.4 Å². The number of aldehydes is 1. The minimum absolute atomic E-state index is 0.228. The minimum atomic E-state index is -1.09. The van der Waals surface area contributed by atoms with Gasteiger partial charge in [-0.25, -0.2) is 4.79 Å². The first-order valence-corrected chi connectivity index (χ1v) is 2.60. The van der Waals surface area contributed by atoms with Crippen molar-refractivity contribution in [2.45, 2.75) is 19.4 Å². The molecular formula is C5H9NO3. The Balaban J connectivity index is 3.37. The van der Waals surface area contributed by atoms with E-state index in [0.717, 1.165) is 0 Å². The molecule has 4 heteroatoms. The zero-order valence-corrected chi connectivity index (χ0v) is 5.13. The van der Waals surface area contributed by atoms with E-state index in [1.54, 1.807) is 6.92 Å². The number of amides is 1. The molecule has 9 heavy (non-hydrogen) atoms. The maximum absolute atomic E-state index is 9.86. The van der Waals surface area contributed by atoms with Gasteiger partial charge in [0.15, 0.2) is 0 Å².